The molecule has 0 aromatic heterocycles. The average Bonchev–Trinajstić information content (AvgIpc) is 2.18. The highest BCUT2D eigenvalue weighted by molar-refractivity contribution is 5.75. The molecule has 0 aromatic rings. The molecule has 0 spiro atoms. The lowest BCUT2D eigenvalue weighted by Gasteiger charge is -2.51. The molecule has 0 unspecified atom stereocenters. The molecule has 5 heteroatoms. The number of carbonyl (C=O) groups excluding carboxylic acids is 1. The number of aliphatic carboxylic acids is 1. The van der Waals surface area contributed by atoms with Gasteiger partial charge >= 0.3 is 12.0 Å². The van der Waals surface area contributed by atoms with Crippen molar-refractivity contribution < 1.29 is 14.7 Å². The van der Waals surface area contributed by atoms with Crippen LogP contribution in [0.2, 0.25) is 0 Å². The average molecular weight is 254 g/mol. The second-order valence-electron chi connectivity index (χ2n) is 5.60. The van der Waals surface area contributed by atoms with Gasteiger partial charge in [0, 0.05) is 13.1 Å². The zero-order valence-corrected chi connectivity index (χ0v) is 10.7. The Morgan fingerprint density at radius 2 is 1.89 bits per heavy atom. The van der Waals surface area contributed by atoms with Gasteiger partial charge in [0.15, 0.2) is 0 Å². The zero-order chi connectivity index (χ0) is 13.0. The summed E-state index contributed by atoms with van der Waals surface area (Å²) in [5.41, 5.74) is 0.350. The van der Waals surface area contributed by atoms with Crippen LogP contribution in [0.3, 0.4) is 0 Å². The quantitative estimate of drug-likeness (QED) is 0.675. The molecule has 0 bridgehead atoms. The van der Waals surface area contributed by atoms with Crippen LogP contribution in [-0.2, 0) is 4.79 Å². The fraction of sp³-hybridized carbons (Fsp3) is 0.846. The van der Waals surface area contributed by atoms with Gasteiger partial charge < -0.3 is 15.7 Å². The first-order chi connectivity index (χ1) is 8.62. The highest BCUT2D eigenvalue weighted by Crippen LogP contribution is 2.53. The van der Waals surface area contributed by atoms with Gasteiger partial charge in [-0.3, -0.25) is 4.79 Å². The summed E-state index contributed by atoms with van der Waals surface area (Å²) in [7, 11) is 0. The van der Waals surface area contributed by atoms with E-state index < -0.39 is 5.97 Å². The van der Waals surface area contributed by atoms with Crippen molar-refractivity contribution in [3.8, 4) is 0 Å². The molecule has 3 N–H and O–H groups in total. The maximum Gasteiger partial charge on any atom is 0.314 e. The Morgan fingerprint density at radius 1 is 1.17 bits per heavy atom. The molecule has 102 valence electrons. The van der Waals surface area contributed by atoms with Crippen LogP contribution in [0.1, 0.15) is 44.9 Å². The van der Waals surface area contributed by atoms with Gasteiger partial charge in [-0.25, -0.2) is 4.79 Å². The molecular formula is C13H22N2O3. The summed E-state index contributed by atoms with van der Waals surface area (Å²) in [6.45, 7) is 0.939. The number of hydrogen-bond donors (Lipinski definition) is 3. The summed E-state index contributed by atoms with van der Waals surface area (Å²) in [5.74, 6) is -0.0919. The van der Waals surface area contributed by atoms with E-state index in [0.717, 1.165) is 12.5 Å². The zero-order valence-electron chi connectivity index (χ0n) is 10.7. The second-order valence-corrected chi connectivity index (χ2v) is 5.60. The molecule has 5 nitrogen and oxygen atoms in total. The third-order valence-electron chi connectivity index (χ3n) is 4.55. The molecule has 2 fully saturated rings. The summed E-state index contributed by atoms with van der Waals surface area (Å²) >= 11 is 0. The molecule has 0 radical (unpaired) electrons. The van der Waals surface area contributed by atoms with E-state index >= 15 is 0 Å². The van der Waals surface area contributed by atoms with Crippen molar-refractivity contribution in [1.29, 1.82) is 0 Å². The fourth-order valence-electron chi connectivity index (χ4n) is 2.98. The molecule has 0 atom stereocenters. The number of urea groups is 1. The van der Waals surface area contributed by atoms with E-state index in [1.54, 1.807) is 0 Å². The standard InChI is InChI=1S/C13H22N2O3/c16-11(17)5-8-14-12(18)15-9-13(6-2-7-13)10-3-1-4-10/h10H,1-9H2,(H,16,17)(H2,14,15,18). The second kappa shape index (κ2) is 5.59. The molecule has 2 aliphatic rings. The minimum Gasteiger partial charge on any atom is -0.481 e. The van der Waals surface area contributed by atoms with Crippen molar-refractivity contribution in [2.45, 2.75) is 44.9 Å². The van der Waals surface area contributed by atoms with Crippen LogP contribution in [0, 0.1) is 11.3 Å². The lowest BCUT2D eigenvalue weighted by atomic mass is 9.55. The summed E-state index contributed by atoms with van der Waals surface area (Å²) in [6.07, 6.45) is 7.65. The number of nitrogens with one attached hydrogen (secondary N) is 2. The van der Waals surface area contributed by atoms with Crippen molar-refractivity contribution in [3.05, 3.63) is 0 Å². The predicted octanol–water partition coefficient (Wildman–Crippen LogP) is 1.73. The minimum absolute atomic E-state index is 0.0266. The molecule has 18 heavy (non-hydrogen) atoms. The van der Waals surface area contributed by atoms with E-state index in [1.165, 1.54) is 38.5 Å². The SMILES string of the molecule is O=C(O)CCNC(=O)NCC1(C2CCC2)CCC1. The summed E-state index contributed by atoms with van der Waals surface area (Å²) in [6, 6.07) is -0.234. The number of amides is 2. The third-order valence-corrected chi connectivity index (χ3v) is 4.55. The molecule has 2 saturated carbocycles. The van der Waals surface area contributed by atoms with Gasteiger partial charge in [0.2, 0.25) is 0 Å². The van der Waals surface area contributed by atoms with Gasteiger partial charge in [-0.2, -0.15) is 0 Å². The highest BCUT2D eigenvalue weighted by Gasteiger charge is 2.46. The fourth-order valence-corrected chi connectivity index (χ4v) is 2.98. The number of carboxylic acids is 1. The molecule has 2 rings (SSSR count). The maximum absolute atomic E-state index is 11.5. The number of carbonyl (C=O) groups is 2. The summed E-state index contributed by atoms with van der Waals surface area (Å²) < 4.78 is 0. The Labute approximate surface area is 107 Å². The van der Waals surface area contributed by atoms with Crippen molar-refractivity contribution in [1.82, 2.24) is 10.6 Å². The Kier molecular flexibility index (Phi) is 4.09. The number of rotatable bonds is 6. The van der Waals surface area contributed by atoms with Gasteiger partial charge in [0.1, 0.15) is 0 Å². The van der Waals surface area contributed by atoms with Gasteiger partial charge in [-0.15, -0.1) is 0 Å². The van der Waals surface area contributed by atoms with Crippen LogP contribution in [0.5, 0.6) is 0 Å². The monoisotopic (exact) mass is 254 g/mol. The van der Waals surface area contributed by atoms with Crippen molar-refractivity contribution in [2.75, 3.05) is 13.1 Å². The third kappa shape index (κ3) is 2.94. The van der Waals surface area contributed by atoms with Crippen LogP contribution < -0.4 is 10.6 Å². The van der Waals surface area contributed by atoms with Crippen LogP contribution in [0.4, 0.5) is 4.79 Å². The molecule has 0 aromatic carbocycles. The van der Waals surface area contributed by atoms with Gasteiger partial charge in [-0.1, -0.05) is 12.8 Å². The van der Waals surface area contributed by atoms with Crippen LogP contribution in [-0.4, -0.2) is 30.2 Å². The first kappa shape index (κ1) is 13.2. The Balaban J connectivity index is 1.66. The number of hydrogen-bond acceptors (Lipinski definition) is 2. The van der Waals surface area contributed by atoms with E-state index in [1.807, 2.05) is 0 Å². The van der Waals surface area contributed by atoms with Crippen LogP contribution in [0.15, 0.2) is 0 Å². The molecule has 0 aliphatic heterocycles. The van der Waals surface area contributed by atoms with E-state index in [2.05, 4.69) is 10.6 Å². The first-order valence-corrected chi connectivity index (χ1v) is 6.86. The van der Waals surface area contributed by atoms with Crippen molar-refractivity contribution in [2.24, 2.45) is 11.3 Å². The van der Waals surface area contributed by atoms with Crippen molar-refractivity contribution in [3.63, 3.8) is 0 Å². The number of carboxylic acid groups (broad SMARTS) is 1. The van der Waals surface area contributed by atoms with E-state index in [0.29, 0.717) is 5.41 Å². The Bertz CT molecular complexity index is 322. The summed E-state index contributed by atoms with van der Waals surface area (Å²) in [5, 5.41) is 14.0. The molecule has 2 aliphatic carbocycles. The minimum atomic E-state index is -0.889. The molecule has 0 saturated heterocycles. The predicted molar refractivity (Wildman–Crippen MR) is 67.3 cm³/mol. The van der Waals surface area contributed by atoms with Gasteiger partial charge in [0.05, 0.1) is 6.42 Å². The summed E-state index contributed by atoms with van der Waals surface area (Å²) in [4.78, 5) is 21.8. The normalized spacial score (nSPS) is 21.6. The van der Waals surface area contributed by atoms with Crippen LogP contribution in [0.25, 0.3) is 0 Å². The lowest BCUT2D eigenvalue weighted by molar-refractivity contribution is -0.136. The molecule has 2 amide bonds. The Morgan fingerprint density at radius 3 is 2.33 bits per heavy atom. The van der Waals surface area contributed by atoms with E-state index in [-0.39, 0.29) is 19.0 Å². The van der Waals surface area contributed by atoms with E-state index in [4.69, 9.17) is 5.11 Å². The van der Waals surface area contributed by atoms with E-state index in [9.17, 15) is 9.59 Å². The smallest absolute Gasteiger partial charge is 0.314 e. The highest BCUT2D eigenvalue weighted by atomic mass is 16.4. The molecular weight excluding hydrogens is 232 g/mol. The van der Waals surface area contributed by atoms with Gasteiger partial charge in [-0.05, 0) is 37.0 Å². The lowest BCUT2D eigenvalue weighted by Crippen LogP contribution is -2.51. The van der Waals surface area contributed by atoms with Crippen molar-refractivity contribution >= 4 is 12.0 Å². The largest absolute Gasteiger partial charge is 0.481 e. The van der Waals surface area contributed by atoms with Gasteiger partial charge in [0.25, 0.3) is 0 Å². The topological polar surface area (TPSA) is 78.4 Å². The first-order valence-electron chi connectivity index (χ1n) is 6.86. The molecule has 0 heterocycles. The maximum atomic E-state index is 11.5. The van der Waals surface area contributed by atoms with Crippen LogP contribution >= 0.6 is 0 Å². The Hall–Kier alpha value is -1.26.